The van der Waals surface area contributed by atoms with Gasteiger partial charge in [0.2, 0.25) is 0 Å². The number of amides is 2. The fourth-order valence-corrected chi connectivity index (χ4v) is 2.15. The summed E-state index contributed by atoms with van der Waals surface area (Å²) in [5, 5.41) is 2.22. The molecule has 10 heteroatoms. The summed E-state index contributed by atoms with van der Waals surface area (Å²) in [7, 11) is 0. The SMILES string of the molecule is C=C[C@H]1COC(=O)N1c1cc(NC(=O)OC(C)(C)C)cc(C(F)(F)F)n1. The first-order chi connectivity index (χ1) is 11.9. The van der Waals surface area contributed by atoms with Crippen molar-refractivity contribution in [3.05, 3.63) is 30.5 Å². The minimum Gasteiger partial charge on any atom is -0.447 e. The zero-order valence-corrected chi connectivity index (χ0v) is 14.4. The van der Waals surface area contributed by atoms with Gasteiger partial charge in [-0.2, -0.15) is 13.2 Å². The van der Waals surface area contributed by atoms with Gasteiger partial charge in [-0.15, -0.1) is 6.58 Å². The zero-order chi connectivity index (χ0) is 19.7. The van der Waals surface area contributed by atoms with Gasteiger partial charge in [-0.3, -0.25) is 10.2 Å². The van der Waals surface area contributed by atoms with E-state index >= 15 is 0 Å². The average Bonchev–Trinajstić information content (AvgIpc) is 2.84. The Hall–Kier alpha value is -2.78. The van der Waals surface area contributed by atoms with E-state index in [2.05, 4.69) is 16.9 Å². The highest BCUT2D eigenvalue weighted by Gasteiger charge is 2.38. The molecular formula is C16H18F3N3O4. The molecule has 1 fully saturated rings. The summed E-state index contributed by atoms with van der Waals surface area (Å²) in [6.07, 6.45) is -5.22. The molecule has 2 rings (SSSR count). The number of pyridine rings is 1. The molecule has 0 unspecified atom stereocenters. The van der Waals surface area contributed by atoms with Crippen molar-refractivity contribution in [1.29, 1.82) is 0 Å². The quantitative estimate of drug-likeness (QED) is 0.811. The molecule has 1 aromatic heterocycles. The van der Waals surface area contributed by atoms with E-state index in [1.54, 1.807) is 20.8 Å². The Kier molecular flexibility index (Phi) is 5.15. The first-order valence-electron chi connectivity index (χ1n) is 7.58. The van der Waals surface area contributed by atoms with E-state index in [1.807, 2.05) is 0 Å². The monoisotopic (exact) mass is 373 g/mol. The van der Waals surface area contributed by atoms with Crippen molar-refractivity contribution in [2.24, 2.45) is 0 Å². The van der Waals surface area contributed by atoms with Gasteiger partial charge >= 0.3 is 18.4 Å². The Morgan fingerprint density at radius 2 is 2.08 bits per heavy atom. The molecule has 0 radical (unpaired) electrons. The van der Waals surface area contributed by atoms with Gasteiger partial charge in [0.15, 0.2) is 0 Å². The van der Waals surface area contributed by atoms with Crippen molar-refractivity contribution in [3.8, 4) is 0 Å². The predicted molar refractivity (Wildman–Crippen MR) is 86.9 cm³/mol. The number of rotatable bonds is 3. The lowest BCUT2D eigenvalue weighted by Gasteiger charge is -2.22. The summed E-state index contributed by atoms with van der Waals surface area (Å²) in [4.78, 5) is 28.1. The van der Waals surface area contributed by atoms with Crippen LogP contribution in [0.15, 0.2) is 24.8 Å². The molecule has 26 heavy (non-hydrogen) atoms. The summed E-state index contributed by atoms with van der Waals surface area (Å²) < 4.78 is 49.3. The maximum atomic E-state index is 13.2. The number of hydrogen-bond donors (Lipinski definition) is 1. The normalized spacial score (nSPS) is 17.7. The average molecular weight is 373 g/mol. The maximum Gasteiger partial charge on any atom is 0.433 e. The van der Waals surface area contributed by atoms with Crippen LogP contribution in [-0.4, -0.2) is 35.4 Å². The van der Waals surface area contributed by atoms with E-state index in [1.165, 1.54) is 6.08 Å². The molecule has 142 valence electrons. The second-order valence-electron chi connectivity index (χ2n) is 6.47. The van der Waals surface area contributed by atoms with Gasteiger partial charge in [0, 0.05) is 11.8 Å². The fourth-order valence-electron chi connectivity index (χ4n) is 2.15. The van der Waals surface area contributed by atoms with Crippen molar-refractivity contribution in [3.63, 3.8) is 0 Å². The molecule has 1 aliphatic heterocycles. The van der Waals surface area contributed by atoms with E-state index < -0.39 is 35.7 Å². The smallest absolute Gasteiger partial charge is 0.433 e. The molecule has 1 saturated heterocycles. The fraction of sp³-hybridized carbons (Fsp3) is 0.438. The number of carbonyl (C=O) groups excluding carboxylic acids is 2. The Bertz CT molecular complexity index is 728. The minimum atomic E-state index is -4.78. The summed E-state index contributed by atoms with van der Waals surface area (Å²) in [6, 6.07) is 1.10. The molecule has 0 saturated carbocycles. The summed E-state index contributed by atoms with van der Waals surface area (Å²) >= 11 is 0. The number of anilines is 2. The molecule has 7 nitrogen and oxygen atoms in total. The van der Waals surface area contributed by atoms with Crippen molar-refractivity contribution in [2.45, 2.75) is 38.6 Å². The van der Waals surface area contributed by atoms with E-state index in [9.17, 15) is 22.8 Å². The molecule has 0 aromatic carbocycles. The lowest BCUT2D eigenvalue weighted by Crippen LogP contribution is -2.33. The van der Waals surface area contributed by atoms with Crippen molar-refractivity contribution in [2.75, 3.05) is 16.8 Å². The van der Waals surface area contributed by atoms with Gasteiger partial charge in [0.25, 0.3) is 0 Å². The van der Waals surface area contributed by atoms with Crippen molar-refractivity contribution >= 4 is 23.7 Å². The molecule has 0 spiro atoms. The van der Waals surface area contributed by atoms with Crippen LogP contribution in [-0.2, 0) is 15.7 Å². The number of ether oxygens (including phenoxy) is 2. The van der Waals surface area contributed by atoms with Gasteiger partial charge in [-0.05, 0) is 26.8 Å². The molecule has 1 N–H and O–H groups in total. The van der Waals surface area contributed by atoms with Crippen LogP contribution in [0.3, 0.4) is 0 Å². The van der Waals surface area contributed by atoms with Gasteiger partial charge < -0.3 is 9.47 Å². The highest BCUT2D eigenvalue weighted by molar-refractivity contribution is 5.91. The van der Waals surface area contributed by atoms with E-state index in [4.69, 9.17) is 9.47 Å². The standard InChI is InChI=1S/C16H18F3N3O4/c1-5-10-8-25-14(24)22(10)12-7-9(6-11(21-12)16(17,18)19)20-13(23)26-15(2,3)4/h5-7,10H,1,8H2,2-4H3,(H,20,21,23)/t10-/m0/s1. The van der Waals surface area contributed by atoms with E-state index in [0.29, 0.717) is 6.07 Å². The molecule has 1 atom stereocenters. The number of nitrogens with one attached hydrogen (secondary N) is 1. The lowest BCUT2D eigenvalue weighted by molar-refractivity contribution is -0.141. The maximum absolute atomic E-state index is 13.2. The number of cyclic esters (lactones) is 1. The third-order valence-corrected chi connectivity index (χ3v) is 3.17. The second kappa shape index (κ2) is 6.85. The predicted octanol–water partition coefficient (Wildman–Crippen LogP) is 3.96. The molecule has 2 heterocycles. The van der Waals surface area contributed by atoms with E-state index in [0.717, 1.165) is 11.0 Å². The number of alkyl halides is 3. The molecule has 2 amide bonds. The number of halogens is 3. The molecular weight excluding hydrogens is 355 g/mol. The van der Waals surface area contributed by atoms with Crippen LogP contribution >= 0.6 is 0 Å². The van der Waals surface area contributed by atoms with Crippen molar-refractivity contribution < 1.29 is 32.2 Å². The van der Waals surface area contributed by atoms with Crippen LogP contribution in [0.2, 0.25) is 0 Å². The van der Waals surface area contributed by atoms with Crippen molar-refractivity contribution in [1.82, 2.24) is 4.98 Å². The number of aromatic nitrogens is 1. The summed E-state index contributed by atoms with van der Waals surface area (Å²) in [5.41, 5.74) is -2.33. The molecule has 0 bridgehead atoms. The van der Waals surface area contributed by atoms with Gasteiger partial charge in [0.05, 0.1) is 6.04 Å². The Labute approximate surface area is 147 Å². The van der Waals surface area contributed by atoms with Gasteiger partial charge in [0.1, 0.15) is 23.7 Å². The third-order valence-electron chi connectivity index (χ3n) is 3.17. The first-order valence-corrected chi connectivity index (χ1v) is 7.58. The highest BCUT2D eigenvalue weighted by Crippen LogP contribution is 2.33. The van der Waals surface area contributed by atoms with Crippen LogP contribution in [0.25, 0.3) is 0 Å². The molecule has 1 aliphatic rings. The molecule has 0 aliphatic carbocycles. The summed E-state index contributed by atoms with van der Waals surface area (Å²) in [5.74, 6) is -0.321. The topological polar surface area (TPSA) is 80.8 Å². The van der Waals surface area contributed by atoms with Gasteiger partial charge in [-0.1, -0.05) is 6.08 Å². The summed E-state index contributed by atoms with van der Waals surface area (Å²) in [6.45, 7) is 8.30. The largest absolute Gasteiger partial charge is 0.447 e. The Morgan fingerprint density at radius 3 is 2.62 bits per heavy atom. The van der Waals surface area contributed by atoms with Crippen LogP contribution in [0.1, 0.15) is 26.5 Å². The van der Waals surface area contributed by atoms with E-state index in [-0.39, 0.29) is 18.1 Å². The van der Waals surface area contributed by atoms with Crippen LogP contribution in [0.5, 0.6) is 0 Å². The minimum absolute atomic E-state index is 0.0604. The first kappa shape index (κ1) is 19.5. The van der Waals surface area contributed by atoms with Crippen LogP contribution in [0, 0.1) is 0 Å². The Morgan fingerprint density at radius 1 is 1.42 bits per heavy atom. The van der Waals surface area contributed by atoms with Crippen LogP contribution < -0.4 is 10.2 Å². The third kappa shape index (κ3) is 4.64. The molecule has 1 aromatic rings. The Balaban J connectivity index is 2.41. The highest BCUT2D eigenvalue weighted by atomic mass is 19.4. The number of nitrogens with zero attached hydrogens (tertiary/aromatic N) is 2. The number of carbonyl (C=O) groups is 2. The second-order valence-corrected chi connectivity index (χ2v) is 6.47. The van der Waals surface area contributed by atoms with Gasteiger partial charge in [-0.25, -0.2) is 14.6 Å². The zero-order valence-electron chi connectivity index (χ0n) is 14.4. The van der Waals surface area contributed by atoms with Crippen LogP contribution in [0.4, 0.5) is 34.3 Å². The lowest BCUT2D eigenvalue weighted by atomic mass is 10.2. The number of hydrogen-bond acceptors (Lipinski definition) is 5.